The third-order valence-electron chi connectivity index (χ3n) is 21.8. The maximum Gasteiger partial charge on any atom is 0.0293 e. The van der Waals surface area contributed by atoms with Gasteiger partial charge >= 0.3 is 0 Å². The van der Waals surface area contributed by atoms with Crippen molar-refractivity contribution in [2.24, 2.45) is 76.4 Å². The summed E-state index contributed by atoms with van der Waals surface area (Å²) in [4.78, 5) is 6.23. The second-order valence-corrected chi connectivity index (χ2v) is 24.4. The molecule has 0 heterocycles. The van der Waals surface area contributed by atoms with Crippen LogP contribution in [-0.4, -0.2) is 21.9 Å². The third kappa shape index (κ3) is 6.58. The van der Waals surface area contributed by atoms with E-state index >= 15 is 0 Å². The van der Waals surface area contributed by atoms with E-state index in [0.717, 1.165) is 23.7 Å². The Bertz CT molecular complexity index is 2410. The van der Waals surface area contributed by atoms with E-state index < -0.39 is 0 Å². The molecule has 0 aromatic heterocycles. The van der Waals surface area contributed by atoms with Gasteiger partial charge in [0.15, 0.2) is 0 Å². The Kier molecular flexibility index (Phi) is 10.9. The van der Waals surface area contributed by atoms with Crippen molar-refractivity contribution in [2.45, 2.75) is 166 Å². The summed E-state index contributed by atoms with van der Waals surface area (Å²) in [5.41, 5.74) is 14.4. The number of nitrogens with zero attached hydrogens (tertiary/aromatic N) is 2. The first kappa shape index (κ1) is 42.1. The molecule has 350 valence electrons. The van der Waals surface area contributed by atoms with Crippen LogP contribution in [0.25, 0.3) is 0 Å². The molecule has 0 radical (unpaired) electrons. The molecular weight excluding hydrogens is 809 g/mol. The monoisotopic (exact) mass is 889 g/mol. The molecule has 4 saturated carbocycles. The largest absolute Gasteiger partial charge is 0.369 e. The Balaban J connectivity index is 0.875. The molecule has 0 aromatic rings. The van der Waals surface area contributed by atoms with Gasteiger partial charge < -0.3 is 9.80 Å². The van der Waals surface area contributed by atoms with Crippen LogP contribution in [0.5, 0.6) is 0 Å². The molecular formula is C65H80N2. The highest BCUT2D eigenvalue weighted by atomic mass is 15.2. The van der Waals surface area contributed by atoms with Crippen LogP contribution in [0.4, 0.5) is 0 Å². The van der Waals surface area contributed by atoms with E-state index in [1.807, 2.05) is 16.7 Å². The van der Waals surface area contributed by atoms with Crippen molar-refractivity contribution in [2.75, 3.05) is 0 Å². The predicted octanol–water partition coefficient (Wildman–Crippen LogP) is 16.3. The molecule has 0 bridgehead atoms. The van der Waals surface area contributed by atoms with Crippen molar-refractivity contribution < 1.29 is 0 Å². The van der Waals surface area contributed by atoms with Crippen LogP contribution in [0, 0.1) is 76.4 Å². The fourth-order valence-corrected chi connectivity index (χ4v) is 19.6. The normalized spacial score (nSPS) is 42.4. The van der Waals surface area contributed by atoms with Crippen LogP contribution >= 0.6 is 0 Å². The highest BCUT2D eigenvalue weighted by Gasteiger charge is 2.69. The molecule has 4 fully saturated rings. The summed E-state index contributed by atoms with van der Waals surface area (Å²) >= 11 is 0. The fourth-order valence-electron chi connectivity index (χ4n) is 19.6. The molecule has 14 atom stereocenters. The summed E-state index contributed by atoms with van der Waals surface area (Å²) in [6.07, 6.45) is 79.0. The minimum atomic E-state index is 0.228. The summed E-state index contributed by atoms with van der Waals surface area (Å²) < 4.78 is 0. The van der Waals surface area contributed by atoms with Gasteiger partial charge in [0.1, 0.15) is 0 Å². The van der Waals surface area contributed by atoms with Crippen LogP contribution in [0.3, 0.4) is 0 Å². The highest BCUT2D eigenvalue weighted by Crippen LogP contribution is 2.75. The molecule has 14 aliphatic rings. The van der Waals surface area contributed by atoms with E-state index in [9.17, 15) is 0 Å². The van der Waals surface area contributed by atoms with Gasteiger partial charge in [-0.3, -0.25) is 0 Å². The number of rotatable bonds is 6. The summed E-state index contributed by atoms with van der Waals surface area (Å²) in [7, 11) is 0. The molecule has 2 heteroatoms. The first-order valence-electron chi connectivity index (χ1n) is 28.8. The van der Waals surface area contributed by atoms with Crippen LogP contribution < -0.4 is 0 Å². The van der Waals surface area contributed by atoms with Crippen LogP contribution in [-0.2, 0) is 0 Å². The van der Waals surface area contributed by atoms with E-state index in [4.69, 9.17) is 0 Å². The molecule has 0 amide bonds. The number of allylic oxidation sites excluding steroid dienone is 26. The van der Waals surface area contributed by atoms with Crippen molar-refractivity contribution in [3.8, 4) is 0 Å². The molecule has 0 aliphatic heterocycles. The minimum Gasteiger partial charge on any atom is -0.369 e. The SMILES string of the molecule is C1=CCCC(N(C2=CC=CC3CCCCC23)C2=CCCC3C2C2CCC=CC2C32C3=C(CCC(N(C4CCCCC4)C4CCC5C6=C(C=CCC6)C6C=CC=CC6C5C4)=C3)C3C=CCCC32)=C1. The number of fused-ring (bicyclic) bond motifs is 15. The van der Waals surface area contributed by atoms with Crippen LogP contribution in [0.1, 0.15) is 154 Å². The van der Waals surface area contributed by atoms with Gasteiger partial charge in [-0.15, -0.1) is 0 Å². The average molecular weight is 889 g/mol. The quantitative estimate of drug-likeness (QED) is 0.245. The molecule has 14 rings (SSSR count). The number of hydrogen-bond donors (Lipinski definition) is 0. The lowest BCUT2D eigenvalue weighted by molar-refractivity contribution is 0.0556. The standard InChI is InChI=1S/C65H80N2/c1-3-21-44(22-4-1)66(46-37-39-53-51-28-10-9-26-49(51)50-27-11-12-29-52(50)57(53)41-46)47-38-40-55-54-30-13-15-32-58(54)65(61(55)42-47)59-33-16-14-31-56(59)64-60(65)34-18-36-63(64)67(45-23-5-2-6-24-45)62-35-17-20-43-19-7-8-25-48(43)62/h2,5,9,11-13,16-17,20,23,26-27,29-30,33,35-36,42-44,46,48,50,52-54,56-60,64H,1,3-4,6-8,10,14-15,18-19,21-22,24-25,28,31-32,34,37-41H2. The summed E-state index contributed by atoms with van der Waals surface area (Å²) in [5, 5.41) is 0. The zero-order chi connectivity index (χ0) is 44.1. The van der Waals surface area contributed by atoms with Crippen LogP contribution in [0.2, 0.25) is 0 Å². The molecule has 2 nitrogen and oxygen atoms in total. The zero-order valence-electron chi connectivity index (χ0n) is 40.8. The minimum absolute atomic E-state index is 0.228. The van der Waals surface area contributed by atoms with E-state index in [0.29, 0.717) is 59.4 Å². The van der Waals surface area contributed by atoms with Crippen molar-refractivity contribution in [3.05, 3.63) is 154 Å². The lowest BCUT2D eigenvalue weighted by atomic mass is 9.56. The highest BCUT2D eigenvalue weighted by molar-refractivity contribution is 5.53. The predicted molar refractivity (Wildman–Crippen MR) is 277 cm³/mol. The van der Waals surface area contributed by atoms with Gasteiger partial charge in [0.05, 0.1) is 0 Å². The van der Waals surface area contributed by atoms with Crippen molar-refractivity contribution in [3.63, 3.8) is 0 Å². The molecule has 67 heavy (non-hydrogen) atoms. The van der Waals surface area contributed by atoms with Gasteiger partial charge in [-0.05, 0) is 199 Å². The molecule has 14 unspecified atom stereocenters. The van der Waals surface area contributed by atoms with Gasteiger partial charge in [-0.2, -0.15) is 0 Å². The van der Waals surface area contributed by atoms with Crippen molar-refractivity contribution in [1.82, 2.24) is 9.80 Å². The van der Waals surface area contributed by atoms with E-state index in [2.05, 4.69) is 119 Å². The Morgan fingerprint density at radius 1 is 0.522 bits per heavy atom. The van der Waals surface area contributed by atoms with Crippen molar-refractivity contribution in [1.29, 1.82) is 0 Å². The topological polar surface area (TPSA) is 6.48 Å². The maximum atomic E-state index is 3.24. The Morgan fingerprint density at radius 3 is 2.33 bits per heavy atom. The average Bonchev–Trinajstić information content (AvgIpc) is 3.87. The van der Waals surface area contributed by atoms with E-state index in [1.54, 1.807) is 28.4 Å². The molecule has 14 aliphatic carbocycles. The summed E-state index contributed by atoms with van der Waals surface area (Å²) in [6, 6.07) is 1.39. The van der Waals surface area contributed by atoms with Gasteiger partial charge in [-0.25, -0.2) is 0 Å². The Morgan fingerprint density at radius 2 is 1.39 bits per heavy atom. The second kappa shape index (κ2) is 17.3. The zero-order valence-corrected chi connectivity index (χ0v) is 40.8. The van der Waals surface area contributed by atoms with E-state index in [1.165, 1.54) is 154 Å². The van der Waals surface area contributed by atoms with Gasteiger partial charge in [0, 0.05) is 64.0 Å². The first-order chi connectivity index (χ1) is 33.3. The smallest absolute Gasteiger partial charge is 0.0293 e. The Hall–Kier alpha value is -3.78. The lowest BCUT2D eigenvalue weighted by Crippen LogP contribution is -2.50. The van der Waals surface area contributed by atoms with Gasteiger partial charge in [0.25, 0.3) is 0 Å². The third-order valence-corrected chi connectivity index (χ3v) is 21.8. The number of hydrogen-bond acceptors (Lipinski definition) is 2. The molecule has 1 spiro atoms. The van der Waals surface area contributed by atoms with Gasteiger partial charge in [0.2, 0.25) is 0 Å². The summed E-state index contributed by atoms with van der Waals surface area (Å²) in [6.45, 7) is 0. The summed E-state index contributed by atoms with van der Waals surface area (Å²) in [5.74, 6) is 8.24. The maximum absolute atomic E-state index is 3.24. The second-order valence-electron chi connectivity index (χ2n) is 24.4. The fraction of sp³-hybridized carbons (Fsp3) is 0.600. The lowest BCUT2D eigenvalue weighted by Gasteiger charge is -2.53. The van der Waals surface area contributed by atoms with E-state index in [-0.39, 0.29) is 5.41 Å². The van der Waals surface area contributed by atoms with Crippen molar-refractivity contribution >= 4 is 0 Å². The van der Waals surface area contributed by atoms with Gasteiger partial charge in [-0.1, -0.05) is 134 Å². The molecule has 0 N–H and O–H groups in total. The van der Waals surface area contributed by atoms with Crippen LogP contribution in [0.15, 0.2) is 154 Å². The molecule has 0 aromatic carbocycles. The first-order valence-corrected chi connectivity index (χ1v) is 28.8. The Labute approximate surface area is 405 Å². The molecule has 0 saturated heterocycles.